The first-order valence-electron chi connectivity index (χ1n) is 9.64. The molecule has 1 aliphatic heterocycles. The summed E-state index contributed by atoms with van der Waals surface area (Å²) in [6, 6.07) is 15.6. The fourth-order valence-corrected chi connectivity index (χ4v) is 3.87. The average Bonchev–Trinajstić information content (AvgIpc) is 3.38. The number of oxazole rings is 1. The van der Waals surface area contributed by atoms with E-state index in [1.807, 2.05) is 18.2 Å². The standard InChI is InChI=1S/C22H20N4O4S/c1-13-17(11-23-20(28)18-12-31-22(29)26-18)25-21(30-13)15-9-5-6-10-16(15)24-19(27)14-7-3-2-4-8-14/h2-10,18H,11-12H2,1H3,(H,23,28)(H,24,27)(H,26,29)/t18-/m0/s1. The summed E-state index contributed by atoms with van der Waals surface area (Å²) in [6.07, 6.45) is 0. The highest BCUT2D eigenvalue weighted by Gasteiger charge is 2.28. The maximum Gasteiger partial charge on any atom is 0.279 e. The van der Waals surface area contributed by atoms with Crippen LogP contribution in [0.25, 0.3) is 11.5 Å². The Balaban J connectivity index is 1.48. The lowest BCUT2D eigenvalue weighted by atomic mass is 10.1. The Hall–Kier alpha value is -3.59. The zero-order valence-corrected chi connectivity index (χ0v) is 17.5. The summed E-state index contributed by atoms with van der Waals surface area (Å²) in [7, 11) is 0. The number of nitrogens with zero attached hydrogens (tertiary/aromatic N) is 1. The molecule has 4 rings (SSSR count). The van der Waals surface area contributed by atoms with Gasteiger partial charge in [-0.05, 0) is 31.2 Å². The molecule has 1 aromatic heterocycles. The third kappa shape index (κ3) is 4.77. The second-order valence-electron chi connectivity index (χ2n) is 6.90. The van der Waals surface area contributed by atoms with Crippen LogP contribution in [0.1, 0.15) is 21.8 Å². The van der Waals surface area contributed by atoms with E-state index in [2.05, 4.69) is 20.9 Å². The average molecular weight is 436 g/mol. The zero-order valence-electron chi connectivity index (χ0n) is 16.7. The van der Waals surface area contributed by atoms with E-state index in [0.29, 0.717) is 39.9 Å². The number of benzene rings is 2. The van der Waals surface area contributed by atoms with E-state index in [9.17, 15) is 14.4 Å². The minimum atomic E-state index is -0.543. The van der Waals surface area contributed by atoms with Crippen molar-refractivity contribution in [3.63, 3.8) is 0 Å². The minimum Gasteiger partial charge on any atom is -0.441 e. The number of aromatic nitrogens is 1. The highest BCUT2D eigenvalue weighted by molar-refractivity contribution is 8.14. The van der Waals surface area contributed by atoms with Crippen LogP contribution in [0.2, 0.25) is 0 Å². The molecule has 3 amide bonds. The van der Waals surface area contributed by atoms with Crippen LogP contribution in [0.15, 0.2) is 59.0 Å². The Labute approximate surface area is 182 Å². The van der Waals surface area contributed by atoms with Gasteiger partial charge < -0.3 is 20.4 Å². The van der Waals surface area contributed by atoms with Crippen LogP contribution in [0.4, 0.5) is 10.5 Å². The van der Waals surface area contributed by atoms with E-state index in [1.165, 1.54) is 0 Å². The molecule has 9 heteroatoms. The number of hydrogen-bond donors (Lipinski definition) is 3. The van der Waals surface area contributed by atoms with Crippen molar-refractivity contribution in [3.05, 3.63) is 71.6 Å². The summed E-state index contributed by atoms with van der Waals surface area (Å²) in [4.78, 5) is 40.5. The quantitative estimate of drug-likeness (QED) is 0.546. The molecule has 2 heterocycles. The van der Waals surface area contributed by atoms with E-state index in [4.69, 9.17) is 4.42 Å². The number of anilines is 1. The molecule has 1 saturated heterocycles. The number of amides is 3. The molecule has 1 atom stereocenters. The number of carbonyl (C=O) groups excluding carboxylic acids is 3. The maximum atomic E-state index is 12.6. The molecule has 8 nitrogen and oxygen atoms in total. The van der Waals surface area contributed by atoms with Crippen molar-refractivity contribution in [1.82, 2.24) is 15.6 Å². The smallest absolute Gasteiger partial charge is 0.279 e. The number of aryl methyl sites for hydroxylation is 1. The van der Waals surface area contributed by atoms with Crippen molar-refractivity contribution >= 4 is 34.5 Å². The molecule has 0 spiro atoms. The lowest BCUT2D eigenvalue weighted by Crippen LogP contribution is -2.42. The predicted octanol–water partition coefficient (Wildman–Crippen LogP) is 3.34. The molecule has 1 fully saturated rings. The van der Waals surface area contributed by atoms with Gasteiger partial charge in [0, 0.05) is 11.3 Å². The van der Waals surface area contributed by atoms with Crippen LogP contribution in [-0.4, -0.2) is 33.8 Å². The number of rotatable bonds is 6. The van der Waals surface area contributed by atoms with Crippen LogP contribution in [0, 0.1) is 6.92 Å². The third-order valence-corrected chi connectivity index (χ3v) is 5.63. The van der Waals surface area contributed by atoms with Gasteiger partial charge in [0.2, 0.25) is 11.8 Å². The topological polar surface area (TPSA) is 113 Å². The predicted molar refractivity (Wildman–Crippen MR) is 118 cm³/mol. The summed E-state index contributed by atoms with van der Waals surface area (Å²) >= 11 is 1.09. The molecule has 31 heavy (non-hydrogen) atoms. The maximum absolute atomic E-state index is 12.6. The number of hydrogen-bond acceptors (Lipinski definition) is 6. The molecule has 3 N–H and O–H groups in total. The molecule has 0 bridgehead atoms. The van der Waals surface area contributed by atoms with Gasteiger partial charge in [-0.25, -0.2) is 4.98 Å². The first-order valence-corrected chi connectivity index (χ1v) is 10.6. The molecule has 2 aromatic carbocycles. The number of thioether (sulfide) groups is 1. The Morgan fingerprint density at radius 2 is 1.90 bits per heavy atom. The van der Waals surface area contributed by atoms with Gasteiger partial charge in [-0.15, -0.1) is 0 Å². The second-order valence-corrected chi connectivity index (χ2v) is 7.89. The third-order valence-electron chi connectivity index (χ3n) is 4.75. The Morgan fingerprint density at radius 1 is 1.16 bits per heavy atom. The summed E-state index contributed by atoms with van der Waals surface area (Å²) in [5.74, 6) is 0.806. The molecular weight excluding hydrogens is 416 g/mol. The van der Waals surface area contributed by atoms with E-state index in [0.717, 1.165) is 11.8 Å². The summed E-state index contributed by atoms with van der Waals surface area (Å²) < 4.78 is 5.82. The molecule has 0 saturated carbocycles. The number of carbonyl (C=O) groups is 3. The van der Waals surface area contributed by atoms with Gasteiger partial charge in [0.05, 0.1) is 17.8 Å². The fraction of sp³-hybridized carbons (Fsp3) is 0.182. The van der Waals surface area contributed by atoms with Crippen LogP contribution in [0.3, 0.4) is 0 Å². The van der Waals surface area contributed by atoms with Gasteiger partial charge in [-0.2, -0.15) is 0 Å². The van der Waals surface area contributed by atoms with Crippen LogP contribution >= 0.6 is 11.8 Å². The molecule has 3 aromatic rings. The van der Waals surface area contributed by atoms with Gasteiger partial charge in [0.25, 0.3) is 11.1 Å². The highest BCUT2D eigenvalue weighted by Crippen LogP contribution is 2.29. The van der Waals surface area contributed by atoms with Crippen molar-refractivity contribution in [2.75, 3.05) is 11.1 Å². The molecule has 1 aliphatic rings. The van der Waals surface area contributed by atoms with Crippen molar-refractivity contribution < 1.29 is 18.8 Å². The van der Waals surface area contributed by atoms with Crippen LogP contribution in [-0.2, 0) is 11.3 Å². The van der Waals surface area contributed by atoms with E-state index >= 15 is 0 Å². The molecule has 0 radical (unpaired) electrons. The summed E-state index contributed by atoms with van der Waals surface area (Å²) in [6.45, 7) is 1.93. The molecule has 158 valence electrons. The largest absolute Gasteiger partial charge is 0.441 e. The molecular formula is C22H20N4O4S. The van der Waals surface area contributed by atoms with E-state index in [-0.39, 0.29) is 23.6 Å². The molecule has 0 aliphatic carbocycles. The zero-order chi connectivity index (χ0) is 21.8. The normalized spacial score (nSPS) is 15.4. The Morgan fingerprint density at radius 3 is 2.65 bits per heavy atom. The van der Waals surface area contributed by atoms with Crippen molar-refractivity contribution in [1.29, 1.82) is 0 Å². The van der Waals surface area contributed by atoms with E-state index in [1.54, 1.807) is 43.3 Å². The minimum absolute atomic E-state index is 0.170. The summed E-state index contributed by atoms with van der Waals surface area (Å²) in [5, 5.41) is 8.07. The van der Waals surface area contributed by atoms with Gasteiger partial charge in [-0.1, -0.05) is 42.1 Å². The number of nitrogens with one attached hydrogen (secondary N) is 3. The first kappa shape index (κ1) is 20.7. The van der Waals surface area contributed by atoms with Gasteiger partial charge in [-0.3, -0.25) is 14.4 Å². The van der Waals surface area contributed by atoms with Crippen molar-refractivity contribution in [3.8, 4) is 11.5 Å². The molecule has 0 unspecified atom stereocenters. The van der Waals surface area contributed by atoms with Crippen LogP contribution in [0.5, 0.6) is 0 Å². The van der Waals surface area contributed by atoms with Gasteiger partial charge >= 0.3 is 0 Å². The van der Waals surface area contributed by atoms with Gasteiger partial charge in [0.1, 0.15) is 17.5 Å². The second kappa shape index (κ2) is 9.05. The Bertz CT molecular complexity index is 1130. The monoisotopic (exact) mass is 436 g/mol. The first-order chi connectivity index (χ1) is 15.0. The number of para-hydroxylation sites is 1. The van der Waals surface area contributed by atoms with Crippen molar-refractivity contribution in [2.45, 2.75) is 19.5 Å². The summed E-state index contributed by atoms with van der Waals surface area (Å²) in [5.41, 5.74) is 2.32. The highest BCUT2D eigenvalue weighted by atomic mass is 32.2. The Kier molecular flexibility index (Phi) is 6.03. The van der Waals surface area contributed by atoms with E-state index < -0.39 is 6.04 Å². The van der Waals surface area contributed by atoms with Crippen molar-refractivity contribution in [2.24, 2.45) is 0 Å². The van der Waals surface area contributed by atoms with Crippen LogP contribution < -0.4 is 16.0 Å². The lowest BCUT2D eigenvalue weighted by Gasteiger charge is -2.09. The fourth-order valence-electron chi connectivity index (χ4n) is 3.09. The SMILES string of the molecule is Cc1oc(-c2ccccc2NC(=O)c2ccccc2)nc1CNC(=O)[C@@H]1CSC(=O)N1. The van der Waals surface area contributed by atoms with Gasteiger partial charge in [0.15, 0.2) is 0 Å². The lowest BCUT2D eigenvalue weighted by molar-refractivity contribution is -0.122.